The second-order valence-corrected chi connectivity index (χ2v) is 6.78. The van der Waals surface area contributed by atoms with Gasteiger partial charge in [-0.05, 0) is 54.8 Å². The quantitative estimate of drug-likeness (QED) is 0.691. The molecule has 0 saturated heterocycles. The lowest BCUT2D eigenvalue weighted by Gasteiger charge is -2.35. The standard InChI is InChI=1S/C20H19ClN2O3/c1-2-26-20(25)23-10-9-15-16-11-13(21)5-8-17(16)22-18(15)19(23)12-3-6-14(24)7-4-12/h3-8,11,19,22,24H,2,9-10H2,1H3/t19-/m0/s1. The van der Waals surface area contributed by atoms with Gasteiger partial charge in [-0.25, -0.2) is 4.79 Å². The van der Waals surface area contributed by atoms with Crippen molar-refractivity contribution < 1.29 is 14.6 Å². The Kier molecular flexibility index (Phi) is 4.24. The Morgan fingerprint density at radius 2 is 2.08 bits per heavy atom. The molecular weight excluding hydrogens is 352 g/mol. The fourth-order valence-electron chi connectivity index (χ4n) is 3.67. The number of phenols is 1. The van der Waals surface area contributed by atoms with Crippen LogP contribution in [0, 0.1) is 0 Å². The Morgan fingerprint density at radius 3 is 2.81 bits per heavy atom. The van der Waals surface area contributed by atoms with E-state index in [0.717, 1.165) is 28.6 Å². The molecule has 26 heavy (non-hydrogen) atoms. The molecule has 0 radical (unpaired) electrons. The van der Waals surface area contributed by atoms with E-state index in [1.165, 1.54) is 5.56 Å². The summed E-state index contributed by atoms with van der Waals surface area (Å²) in [7, 11) is 0. The van der Waals surface area contributed by atoms with Crippen LogP contribution in [0.2, 0.25) is 5.02 Å². The third kappa shape index (κ3) is 2.78. The number of carbonyl (C=O) groups excluding carboxylic acids is 1. The molecule has 1 aliphatic heterocycles. The highest BCUT2D eigenvalue weighted by Crippen LogP contribution is 2.39. The molecule has 5 nitrogen and oxygen atoms in total. The number of fused-ring (bicyclic) bond motifs is 3. The predicted molar refractivity (Wildman–Crippen MR) is 101 cm³/mol. The van der Waals surface area contributed by atoms with E-state index < -0.39 is 0 Å². The Bertz CT molecular complexity index is 965. The number of aromatic amines is 1. The van der Waals surface area contributed by atoms with Gasteiger partial charge in [0.2, 0.25) is 0 Å². The maximum absolute atomic E-state index is 12.5. The van der Waals surface area contributed by atoms with Crippen molar-refractivity contribution in [2.75, 3.05) is 13.2 Å². The van der Waals surface area contributed by atoms with Gasteiger partial charge in [-0.2, -0.15) is 0 Å². The lowest BCUT2D eigenvalue weighted by atomic mass is 9.92. The van der Waals surface area contributed by atoms with E-state index in [9.17, 15) is 9.90 Å². The van der Waals surface area contributed by atoms with Crippen molar-refractivity contribution in [3.8, 4) is 5.75 Å². The van der Waals surface area contributed by atoms with Gasteiger partial charge in [-0.15, -0.1) is 0 Å². The molecule has 0 saturated carbocycles. The van der Waals surface area contributed by atoms with E-state index in [-0.39, 0.29) is 17.9 Å². The molecule has 3 aromatic rings. The van der Waals surface area contributed by atoms with Crippen molar-refractivity contribution >= 4 is 28.6 Å². The second kappa shape index (κ2) is 6.57. The molecule has 2 heterocycles. The number of nitrogens with zero attached hydrogens (tertiary/aromatic N) is 1. The number of nitrogens with one attached hydrogen (secondary N) is 1. The number of ether oxygens (including phenoxy) is 1. The summed E-state index contributed by atoms with van der Waals surface area (Å²) in [6.45, 7) is 2.68. The van der Waals surface area contributed by atoms with Crippen molar-refractivity contribution in [3.63, 3.8) is 0 Å². The van der Waals surface area contributed by atoms with Crippen LogP contribution in [0.3, 0.4) is 0 Å². The van der Waals surface area contributed by atoms with Crippen LogP contribution < -0.4 is 0 Å². The molecule has 1 aliphatic rings. The number of aromatic nitrogens is 1. The van der Waals surface area contributed by atoms with Gasteiger partial charge < -0.3 is 14.8 Å². The molecule has 2 N–H and O–H groups in total. The third-order valence-corrected chi connectivity index (χ3v) is 5.04. The highest BCUT2D eigenvalue weighted by atomic mass is 35.5. The van der Waals surface area contributed by atoms with Crippen LogP contribution in [-0.2, 0) is 11.2 Å². The maximum Gasteiger partial charge on any atom is 0.410 e. The summed E-state index contributed by atoms with van der Waals surface area (Å²) in [6, 6.07) is 12.4. The molecule has 2 aromatic carbocycles. The Labute approximate surface area is 156 Å². The fourth-order valence-corrected chi connectivity index (χ4v) is 3.84. The van der Waals surface area contributed by atoms with E-state index in [2.05, 4.69) is 4.98 Å². The van der Waals surface area contributed by atoms with Gasteiger partial charge in [0, 0.05) is 28.2 Å². The number of hydrogen-bond acceptors (Lipinski definition) is 3. The van der Waals surface area contributed by atoms with Crippen LogP contribution in [0.5, 0.6) is 5.75 Å². The average Bonchev–Trinajstić information content (AvgIpc) is 3.00. The number of carbonyl (C=O) groups is 1. The summed E-state index contributed by atoms with van der Waals surface area (Å²) in [5.41, 5.74) is 4.04. The molecule has 4 rings (SSSR count). The molecule has 1 amide bonds. The van der Waals surface area contributed by atoms with E-state index in [1.54, 1.807) is 24.0 Å². The number of aromatic hydroxyl groups is 1. The SMILES string of the molecule is CCOC(=O)N1CCc2c([nH]c3ccc(Cl)cc23)[C@@H]1c1ccc(O)cc1. The van der Waals surface area contributed by atoms with Crippen molar-refractivity contribution in [2.24, 2.45) is 0 Å². The lowest BCUT2D eigenvalue weighted by Crippen LogP contribution is -2.40. The van der Waals surface area contributed by atoms with Crippen molar-refractivity contribution in [1.82, 2.24) is 9.88 Å². The summed E-state index contributed by atoms with van der Waals surface area (Å²) < 4.78 is 5.27. The zero-order valence-corrected chi connectivity index (χ0v) is 15.1. The Hall–Kier alpha value is -2.66. The number of amides is 1. The van der Waals surface area contributed by atoms with Crippen LogP contribution in [0.15, 0.2) is 42.5 Å². The zero-order valence-electron chi connectivity index (χ0n) is 14.3. The van der Waals surface area contributed by atoms with Crippen molar-refractivity contribution in [2.45, 2.75) is 19.4 Å². The van der Waals surface area contributed by atoms with E-state index in [1.807, 2.05) is 30.3 Å². The number of H-pyrrole nitrogens is 1. The highest BCUT2D eigenvalue weighted by molar-refractivity contribution is 6.31. The van der Waals surface area contributed by atoms with Crippen LogP contribution in [0.4, 0.5) is 4.79 Å². The minimum atomic E-state index is -0.340. The molecule has 6 heteroatoms. The number of phenolic OH excluding ortho intramolecular Hbond substituents is 1. The van der Waals surface area contributed by atoms with Gasteiger partial charge in [0.15, 0.2) is 0 Å². The summed E-state index contributed by atoms with van der Waals surface area (Å²) >= 11 is 6.18. The van der Waals surface area contributed by atoms with Crippen LogP contribution in [-0.4, -0.2) is 34.2 Å². The molecule has 0 aliphatic carbocycles. The summed E-state index contributed by atoms with van der Waals surface area (Å²) in [5.74, 6) is 0.191. The number of hydrogen-bond donors (Lipinski definition) is 2. The summed E-state index contributed by atoms with van der Waals surface area (Å²) in [4.78, 5) is 17.7. The Balaban J connectivity index is 1.88. The first-order chi connectivity index (χ1) is 12.6. The maximum atomic E-state index is 12.5. The van der Waals surface area contributed by atoms with E-state index >= 15 is 0 Å². The first-order valence-corrected chi connectivity index (χ1v) is 8.98. The van der Waals surface area contributed by atoms with Gasteiger partial charge in [0.05, 0.1) is 6.61 Å². The minimum absolute atomic E-state index is 0.191. The molecular formula is C20H19ClN2O3. The monoisotopic (exact) mass is 370 g/mol. The largest absolute Gasteiger partial charge is 0.508 e. The van der Waals surface area contributed by atoms with Gasteiger partial charge in [-0.3, -0.25) is 4.90 Å². The van der Waals surface area contributed by atoms with Gasteiger partial charge >= 0.3 is 6.09 Å². The molecule has 1 atom stereocenters. The zero-order chi connectivity index (χ0) is 18.3. The van der Waals surface area contributed by atoms with E-state index in [0.29, 0.717) is 18.2 Å². The third-order valence-electron chi connectivity index (χ3n) is 4.80. The normalized spacial score (nSPS) is 16.5. The molecule has 134 valence electrons. The molecule has 0 spiro atoms. The van der Waals surface area contributed by atoms with Crippen molar-refractivity contribution in [3.05, 3.63) is 64.3 Å². The minimum Gasteiger partial charge on any atom is -0.508 e. The molecule has 1 aromatic heterocycles. The smallest absolute Gasteiger partial charge is 0.410 e. The summed E-state index contributed by atoms with van der Waals surface area (Å²) in [5, 5.41) is 11.4. The second-order valence-electron chi connectivity index (χ2n) is 6.34. The average molecular weight is 371 g/mol. The molecule has 0 unspecified atom stereocenters. The van der Waals surface area contributed by atoms with Gasteiger partial charge in [0.1, 0.15) is 11.8 Å². The molecule has 0 fully saturated rings. The first-order valence-electron chi connectivity index (χ1n) is 8.60. The fraction of sp³-hybridized carbons (Fsp3) is 0.250. The number of benzene rings is 2. The van der Waals surface area contributed by atoms with Crippen molar-refractivity contribution in [1.29, 1.82) is 0 Å². The highest BCUT2D eigenvalue weighted by Gasteiger charge is 2.35. The Morgan fingerprint density at radius 1 is 1.31 bits per heavy atom. The van der Waals surface area contributed by atoms with Crippen LogP contribution >= 0.6 is 11.6 Å². The first kappa shape index (κ1) is 16.8. The summed E-state index contributed by atoms with van der Waals surface area (Å²) in [6.07, 6.45) is 0.385. The topological polar surface area (TPSA) is 65.6 Å². The van der Waals surface area contributed by atoms with Gasteiger partial charge in [-0.1, -0.05) is 23.7 Å². The lowest BCUT2D eigenvalue weighted by molar-refractivity contribution is 0.0932. The number of rotatable bonds is 2. The van der Waals surface area contributed by atoms with Crippen LogP contribution in [0.25, 0.3) is 10.9 Å². The molecule has 0 bridgehead atoms. The number of halogens is 1. The predicted octanol–water partition coefficient (Wildman–Crippen LogP) is 4.63. The van der Waals surface area contributed by atoms with Crippen LogP contribution in [0.1, 0.15) is 29.8 Å². The van der Waals surface area contributed by atoms with E-state index in [4.69, 9.17) is 16.3 Å². The van der Waals surface area contributed by atoms with Gasteiger partial charge in [0.25, 0.3) is 0 Å².